The van der Waals surface area contributed by atoms with E-state index in [1.807, 2.05) is 0 Å². The van der Waals surface area contributed by atoms with Crippen LogP contribution in [0.3, 0.4) is 0 Å². The molecule has 7 heteroatoms. The van der Waals surface area contributed by atoms with Crippen molar-refractivity contribution < 1.29 is 19.6 Å². The van der Waals surface area contributed by atoms with Crippen molar-refractivity contribution in [3.05, 3.63) is 33.9 Å². The molecule has 0 spiro atoms. The van der Waals surface area contributed by atoms with Crippen molar-refractivity contribution in [2.24, 2.45) is 0 Å². The van der Waals surface area contributed by atoms with Crippen LogP contribution in [0.25, 0.3) is 0 Å². The van der Waals surface area contributed by atoms with Crippen LogP contribution < -0.4 is 4.74 Å². The van der Waals surface area contributed by atoms with Crippen LogP contribution in [0.1, 0.15) is 10.4 Å². The zero-order valence-electron chi connectivity index (χ0n) is 7.34. The van der Waals surface area contributed by atoms with Gasteiger partial charge in [-0.2, -0.15) is 0 Å². The molecular weight excluding hydrogens is 226 g/mol. The molecule has 0 fully saturated rings. The minimum absolute atomic E-state index is 0.156. The van der Waals surface area contributed by atoms with Crippen molar-refractivity contribution in [3.8, 4) is 5.75 Å². The summed E-state index contributed by atoms with van der Waals surface area (Å²) in [4.78, 5) is 20.4. The monoisotopic (exact) mass is 231 g/mol. The smallest absolute Gasteiger partial charge is 0.342 e. The molecule has 0 heterocycles. The number of ether oxygens (including phenoxy) is 1. The van der Waals surface area contributed by atoms with E-state index < -0.39 is 22.1 Å². The molecule has 1 aromatic rings. The summed E-state index contributed by atoms with van der Waals surface area (Å²) in [5, 5.41) is 19.2. The predicted molar refractivity (Wildman–Crippen MR) is 51.4 cm³/mol. The van der Waals surface area contributed by atoms with Crippen LogP contribution in [-0.4, -0.2) is 22.1 Å². The van der Waals surface area contributed by atoms with Gasteiger partial charge in [-0.15, -0.1) is 0 Å². The van der Waals surface area contributed by atoms with Crippen molar-refractivity contribution in [1.82, 2.24) is 0 Å². The standard InChI is InChI=1S/C8H6ClNO5/c9-4-15-5-1-2-7(10(13)14)6(3-5)8(11)12/h1-3H,4H2,(H,11,12). The Bertz CT molecular complexity index is 406. The number of halogens is 1. The summed E-state index contributed by atoms with van der Waals surface area (Å²) >= 11 is 5.27. The number of hydrogen-bond acceptors (Lipinski definition) is 4. The van der Waals surface area contributed by atoms with Gasteiger partial charge in [-0.25, -0.2) is 4.79 Å². The second-order valence-corrected chi connectivity index (χ2v) is 2.71. The number of carboxylic acid groups (broad SMARTS) is 1. The molecule has 0 aliphatic carbocycles. The van der Waals surface area contributed by atoms with E-state index in [9.17, 15) is 14.9 Å². The van der Waals surface area contributed by atoms with E-state index in [-0.39, 0.29) is 11.8 Å². The fraction of sp³-hybridized carbons (Fsp3) is 0.125. The van der Waals surface area contributed by atoms with E-state index in [1.54, 1.807) is 0 Å². The summed E-state index contributed by atoms with van der Waals surface area (Å²) in [5.41, 5.74) is -0.910. The van der Waals surface area contributed by atoms with Crippen LogP contribution in [-0.2, 0) is 0 Å². The van der Waals surface area contributed by atoms with Gasteiger partial charge >= 0.3 is 5.97 Å². The number of nitro benzene ring substituents is 1. The van der Waals surface area contributed by atoms with E-state index in [2.05, 4.69) is 0 Å². The number of nitrogens with zero attached hydrogens (tertiary/aromatic N) is 1. The molecule has 6 nitrogen and oxygen atoms in total. The Labute approximate surface area is 89.2 Å². The average molecular weight is 232 g/mol. The number of hydrogen-bond donors (Lipinski definition) is 1. The number of aromatic carboxylic acids is 1. The Hall–Kier alpha value is -1.82. The average Bonchev–Trinajstić information content (AvgIpc) is 2.17. The number of rotatable bonds is 4. The van der Waals surface area contributed by atoms with E-state index >= 15 is 0 Å². The molecule has 15 heavy (non-hydrogen) atoms. The summed E-state index contributed by atoms with van der Waals surface area (Å²) < 4.78 is 4.81. The highest BCUT2D eigenvalue weighted by atomic mass is 35.5. The Kier molecular flexibility index (Phi) is 3.46. The quantitative estimate of drug-likeness (QED) is 0.485. The zero-order valence-corrected chi connectivity index (χ0v) is 8.10. The van der Waals surface area contributed by atoms with Crippen LogP contribution in [0.2, 0.25) is 0 Å². The number of benzene rings is 1. The van der Waals surface area contributed by atoms with Gasteiger partial charge in [0.1, 0.15) is 11.3 Å². The van der Waals surface area contributed by atoms with Gasteiger partial charge in [0.25, 0.3) is 5.69 Å². The summed E-state index contributed by atoms with van der Waals surface area (Å²) in [6, 6.07) is 3.25. The first-order valence-corrected chi connectivity index (χ1v) is 4.30. The summed E-state index contributed by atoms with van der Waals surface area (Å²) in [7, 11) is 0. The third kappa shape index (κ3) is 2.57. The molecule has 0 aliphatic heterocycles. The summed E-state index contributed by atoms with van der Waals surface area (Å²) in [5.74, 6) is -1.21. The Morgan fingerprint density at radius 2 is 2.27 bits per heavy atom. The van der Waals surface area contributed by atoms with Crippen LogP contribution in [0.15, 0.2) is 18.2 Å². The SMILES string of the molecule is O=C(O)c1cc(OCCl)ccc1[N+](=O)[O-]. The first-order chi connectivity index (χ1) is 7.06. The maximum atomic E-state index is 10.7. The van der Waals surface area contributed by atoms with Crippen LogP contribution in [0.5, 0.6) is 5.75 Å². The predicted octanol–water partition coefficient (Wildman–Crippen LogP) is 1.87. The van der Waals surface area contributed by atoms with Gasteiger partial charge in [0.05, 0.1) is 4.92 Å². The fourth-order valence-electron chi connectivity index (χ4n) is 0.998. The van der Waals surface area contributed by atoms with Gasteiger partial charge in [0.2, 0.25) is 0 Å². The minimum atomic E-state index is -1.39. The lowest BCUT2D eigenvalue weighted by molar-refractivity contribution is -0.385. The fourth-order valence-corrected chi connectivity index (χ4v) is 1.12. The van der Waals surface area contributed by atoms with Gasteiger partial charge in [-0.3, -0.25) is 10.1 Å². The molecule has 0 radical (unpaired) electrons. The molecular formula is C8H6ClNO5. The molecule has 0 atom stereocenters. The van der Waals surface area contributed by atoms with E-state index in [0.29, 0.717) is 0 Å². The molecule has 0 amide bonds. The molecule has 0 saturated carbocycles. The number of carbonyl (C=O) groups is 1. The maximum Gasteiger partial charge on any atom is 0.342 e. The molecule has 0 unspecified atom stereocenters. The molecule has 1 aromatic carbocycles. The van der Waals surface area contributed by atoms with Crippen LogP contribution in [0, 0.1) is 10.1 Å². The lowest BCUT2D eigenvalue weighted by Crippen LogP contribution is -2.03. The zero-order chi connectivity index (χ0) is 11.4. The highest BCUT2D eigenvalue weighted by Gasteiger charge is 2.20. The van der Waals surface area contributed by atoms with E-state index in [4.69, 9.17) is 21.4 Å². The largest absolute Gasteiger partial charge is 0.478 e. The van der Waals surface area contributed by atoms with Gasteiger partial charge in [-0.1, -0.05) is 11.6 Å². The molecule has 1 N–H and O–H groups in total. The molecule has 80 valence electrons. The highest BCUT2D eigenvalue weighted by Crippen LogP contribution is 2.24. The molecule has 1 rings (SSSR count). The van der Waals surface area contributed by atoms with Crippen LogP contribution >= 0.6 is 11.6 Å². The number of nitro groups is 1. The third-order valence-electron chi connectivity index (χ3n) is 1.62. The van der Waals surface area contributed by atoms with Crippen LogP contribution in [0.4, 0.5) is 5.69 Å². The molecule has 0 saturated heterocycles. The Morgan fingerprint density at radius 1 is 1.60 bits per heavy atom. The van der Waals surface area contributed by atoms with Crippen molar-refractivity contribution >= 4 is 23.3 Å². The second-order valence-electron chi connectivity index (χ2n) is 2.49. The van der Waals surface area contributed by atoms with Gasteiger partial charge < -0.3 is 9.84 Å². The highest BCUT2D eigenvalue weighted by molar-refractivity contribution is 6.17. The second kappa shape index (κ2) is 4.61. The molecule has 0 aliphatic rings. The first-order valence-electron chi connectivity index (χ1n) is 3.76. The summed E-state index contributed by atoms with van der Waals surface area (Å²) in [6.07, 6.45) is 0. The van der Waals surface area contributed by atoms with Gasteiger partial charge in [-0.05, 0) is 6.07 Å². The van der Waals surface area contributed by atoms with Crippen molar-refractivity contribution in [2.45, 2.75) is 0 Å². The summed E-state index contributed by atoms with van der Waals surface area (Å²) in [6.45, 7) is 0. The van der Waals surface area contributed by atoms with Crippen molar-refractivity contribution in [3.63, 3.8) is 0 Å². The van der Waals surface area contributed by atoms with E-state index in [1.165, 1.54) is 6.07 Å². The topological polar surface area (TPSA) is 89.7 Å². The number of carboxylic acids is 1. The molecule has 0 bridgehead atoms. The lowest BCUT2D eigenvalue weighted by Gasteiger charge is -2.03. The normalized spacial score (nSPS) is 9.67. The maximum absolute atomic E-state index is 10.7. The Balaban J connectivity index is 3.21. The molecule has 0 aromatic heterocycles. The lowest BCUT2D eigenvalue weighted by atomic mass is 10.2. The van der Waals surface area contributed by atoms with Gasteiger partial charge in [0, 0.05) is 12.1 Å². The minimum Gasteiger partial charge on any atom is -0.478 e. The van der Waals surface area contributed by atoms with Gasteiger partial charge in [0.15, 0.2) is 6.07 Å². The number of alkyl halides is 1. The Morgan fingerprint density at radius 3 is 2.73 bits per heavy atom. The van der Waals surface area contributed by atoms with Crippen molar-refractivity contribution in [2.75, 3.05) is 6.07 Å². The first kappa shape index (κ1) is 11.3. The third-order valence-corrected chi connectivity index (χ3v) is 1.73. The van der Waals surface area contributed by atoms with E-state index in [0.717, 1.165) is 12.1 Å². The van der Waals surface area contributed by atoms with Crippen molar-refractivity contribution in [1.29, 1.82) is 0 Å².